The molecule has 0 amide bonds. The van der Waals surface area contributed by atoms with Crippen molar-refractivity contribution in [2.24, 2.45) is 0 Å². The molecule has 74 valence electrons. The zero-order valence-electron chi connectivity index (χ0n) is 7.51. The van der Waals surface area contributed by atoms with E-state index >= 15 is 0 Å². The highest BCUT2D eigenvalue weighted by Gasteiger charge is 2.14. The molecule has 0 bridgehead atoms. The van der Waals surface area contributed by atoms with Gasteiger partial charge in [0.2, 0.25) is 0 Å². The van der Waals surface area contributed by atoms with Gasteiger partial charge in [-0.3, -0.25) is 4.52 Å². The lowest BCUT2D eigenvalue weighted by Gasteiger charge is -1.93. The van der Waals surface area contributed by atoms with Gasteiger partial charge in [0.25, 0.3) is 0 Å². The summed E-state index contributed by atoms with van der Waals surface area (Å²) in [6.45, 7) is 3.71. The SMILES string of the molecule is CC(C)c1noc(OS(C)(=O)=O)n1. The first-order chi connectivity index (χ1) is 5.88. The van der Waals surface area contributed by atoms with E-state index in [-0.39, 0.29) is 12.0 Å². The van der Waals surface area contributed by atoms with Crippen LogP contribution in [0.2, 0.25) is 0 Å². The van der Waals surface area contributed by atoms with Gasteiger partial charge >= 0.3 is 16.2 Å². The molecule has 0 aliphatic rings. The quantitative estimate of drug-likeness (QED) is 0.671. The summed E-state index contributed by atoms with van der Waals surface area (Å²) in [5.74, 6) is 0.485. The largest absolute Gasteiger partial charge is 0.433 e. The summed E-state index contributed by atoms with van der Waals surface area (Å²) in [7, 11) is -3.59. The maximum Gasteiger partial charge on any atom is 0.433 e. The van der Waals surface area contributed by atoms with E-state index in [1.165, 1.54) is 0 Å². The Hall–Kier alpha value is -1.11. The molecule has 0 aromatic carbocycles. The monoisotopic (exact) mass is 206 g/mol. The highest BCUT2D eigenvalue weighted by molar-refractivity contribution is 7.86. The van der Waals surface area contributed by atoms with E-state index < -0.39 is 10.1 Å². The number of hydrogen-bond donors (Lipinski definition) is 0. The molecule has 0 unspecified atom stereocenters. The second-order valence-corrected chi connectivity index (χ2v) is 4.44. The van der Waals surface area contributed by atoms with Crippen molar-refractivity contribution in [1.82, 2.24) is 10.1 Å². The first-order valence-corrected chi connectivity index (χ1v) is 5.43. The normalized spacial score (nSPS) is 12.0. The summed E-state index contributed by atoms with van der Waals surface area (Å²) in [5, 5.41) is 3.52. The third kappa shape index (κ3) is 3.02. The van der Waals surface area contributed by atoms with Gasteiger partial charge in [-0.15, -0.1) is 0 Å². The molecule has 0 aliphatic carbocycles. The smallest absolute Gasteiger partial charge is 0.327 e. The zero-order chi connectivity index (χ0) is 10.1. The predicted molar refractivity (Wildman–Crippen MR) is 43.9 cm³/mol. The second-order valence-electron chi connectivity index (χ2n) is 2.86. The van der Waals surface area contributed by atoms with Crippen molar-refractivity contribution in [3.8, 4) is 6.08 Å². The fourth-order valence-corrected chi connectivity index (χ4v) is 0.945. The number of nitrogens with zero attached hydrogens (tertiary/aromatic N) is 2. The third-order valence-electron chi connectivity index (χ3n) is 1.16. The number of hydrogen-bond acceptors (Lipinski definition) is 6. The Labute approximate surface area is 76.0 Å². The van der Waals surface area contributed by atoms with Crippen LogP contribution in [0.15, 0.2) is 4.52 Å². The predicted octanol–water partition coefficient (Wildman–Crippen LogP) is 0.531. The Morgan fingerprint density at radius 3 is 2.46 bits per heavy atom. The Balaban J connectivity index is 2.81. The van der Waals surface area contributed by atoms with Crippen LogP contribution in [0.5, 0.6) is 6.08 Å². The molecule has 0 atom stereocenters. The van der Waals surface area contributed by atoms with E-state index in [2.05, 4.69) is 18.8 Å². The molecule has 13 heavy (non-hydrogen) atoms. The Bertz CT molecular complexity index is 381. The van der Waals surface area contributed by atoms with E-state index in [9.17, 15) is 8.42 Å². The molecule has 0 fully saturated rings. The number of rotatable bonds is 3. The summed E-state index contributed by atoms with van der Waals surface area (Å²) >= 11 is 0. The van der Waals surface area contributed by atoms with Gasteiger partial charge in [-0.25, -0.2) is 0 Å². The Morgan fingerprint density at radius 1 is 1.46 bits per heavy atom. The van der Waals surface area contributed by atoms with Crippen molar-refractivity contribution in [3.63, 3.8) is 0 Å². The minimum Gasteiger partial charge on any atom is -0.327 e. The Kier molecular flexibility index (Phi) is 2.55. The average Bonchev–Trinajstić information content (AvgIpc) is 2.31. The van der Waals surface area contributed by atoms with E-state index in [0.717, 1.165) is 6.26 Å². The first-order valence-electron chi connectivity index (χ1n) is 3.61. The molecule has 0 saturated carbocycles. The van der Waals surface area contributed by atoms with Crippen LogP contribution in [0.4, 0.5) is 0 Å². The molecule has 0 N–H and O–H groups in total. The fraction of sp³-hybridized carbons (Fsp3) is 0.667. The molecule has 0 aliphatic heterocycles. The average molecular weight is 206 g/mol. The van der Waals surface area contributed by atoms with Crippen LogP contribution in [0, 0.1) is 0 Å². The molecule has 6 nitrogen and oxygen atoms in total. The lowest BCUT2D eigenvalue weighted by Crippen LogP contribution is -2.05. The second kappa shape index (κ2) is 3.33. The Morgan fingerprint density at radius 2 is 2.08 bits per heavy atom. The molecular weight excluding hydrogens is 196 g/mol. The van der Waals surface area contributed by atoms with Gasteiger partial charge < -0.3 is 4.18 Å². The highest BCUT2D eigenvalue weighted by atomic mass is 32.2. The molecule has 0 saturated heterocycles. The summed E-state index contributed by atoms with van der Waals surface area (Å²) in [4.78, 5) is 3.72. The van der Waals surface area contributed by atoms with Gasteiger partial charge in [0.1, 0.15) is 0 Å². The lowest BCUT2D eigenvalue weighted by molar-refractivity contribution is 0.309. The molecule has 1 heterocycles. The van der Waals surface area contributed by atoms with Crippen molar-refractivity contribution in [3.05, 3.63) is 5.82 Å². The van der Waals surface area contributed by atoms with Crippen molar-refractivity contribution in [2.75, 3.05) is 6.26 Å². The van der Waals surface area contributed by atoms with Gasteiger partial charge in [0, 0.05) is 5.92 Å². The third-order valence-corrected chi connectivity index (χ3v) is 1.61. The van der Waals surface area contributed by atoms with Crippen molar-refractivity contribution in [2.45, 2.75) is 19.8 Å². The molecule has 7 heteroatoms. The maximum absolute atomic E-state index is 10.6. The molecule has 1 rings (SSSR count). The van der Waals surface area contributed by atoms with Crippen molar-refractivity contribution in [1.29, 1.82) is 0 Å². The summed E-state index contributed by atoms with van der Waals surface area (Å²) in [6.07, 6.45) is 0.567. The lowest BCUT2D eigenvalue weighted by atomic mass is 10.2. The van der Waals surface area contributed by atoms with Crippen molar-refractivity contribution < 1.29 is 17.1 Å². The summed E-state index contributed by atoms with van der Waals surface area (Å²) in [5.41, 5.74) is 0. The van der Waals surface area contributed by atoms with Crippen LogP contribution in [-0.4, -0.2) is 24.8 Å². The van der Waals surface area contributed by atoms with Crippen LogP contribution in [0.1, 0.15) is 25.6 Å². The van der Waals surface area contributed by atoms with E-state index in [0.29, 0.717) is 5.82 Å². The first kappa shape index (κ1) is 9.97. The highest BCUT2D eigenvalue weighted by Crippen LogP contribution is 2.14. The minimum atomic E-state index is -3.59. The standard InChI is InChI=1S/C6H10N2O4S/c1-4(2)5-7-6(11-8-5)12-13(3,9)10/h4H,1-3H3. The molecule has 1 aromatic heterocycles. The van der Waals surface area contributed by atoms with Gasteiger partial charge in [-0.2, -0.15) is 13.4 Å². The van der Waals surface area contributed by atoms with E-state index in [4.69, 9.17) is 0 Å². The van der Waals surface area contributed by atoms with Crippen LogP contribution in [0.3, 0.4) is 0 Å². The van der Waals surface area contributed by atoms with E-state index in [1.807, 2.05) is 13.8 Å². The van der Waals surface area contributed by atoms with Crippen LogP contribution < -0.4 is 4.18 Å². The summed E-state index contributed by atoms with van der Waals surface area (Å²) < 4.78 is 30.2. The fourth-order valence-electron chi connectivity index (χ4n) is 0.618. The van der Waals surface area contributed by atoms with Crippen LogP contribution in [0.25, 0.3) is 0 Å². The van der Waals surface area contributed by atoms with Crippen molar-refractivity contribution >= 4 is 10.1 Å². The maximum atomic E-state index is 10.6. The summed E-state index contributed by atoms with van der Waals surface area (Å²) in [6, 6.07) is 0. The topological polar surface area (TPSA) is 82.3 Å². The number of aromatic nitrogens is 2. The molecule has 0 spiro atoms. The zero-order valence-corrected chi connectivity index (χ0v) is 8.33. The van der Waals surface area contributed by atoms with Gasteiger partial charge in [-0.1, -0.05) is 19.0 Å². The molecular formula is C6H10N2O4S. The van der Waals surface area contributed by atoms with Gasteiger partial charge in [0.15, 0.2) is 5.82 Å². The van der Waals surface area contributed by atoms with Gasteiger partial charge in [0.05, 0.1) is 6.26 Å². The van der Waals surface area contributed by atoms with Crippen LogP contribution >= 0.6 is 0 Å². The van der Waals surface area contributed by atoms with Crippen LogP contribution in [-0.2, 0) is 10.1 Å². The van der Waals surface area contributed by atoms with Gasteiger partial charge in [-0.05, 0) is 0 Å². The minimum absolute atomic E-state index is 0.0701. The van der Waals surface area contributed by atoms with E-state index in [1.54, 1.807) is 0 Å². The molecule has 1 aromatic rings. The molecule has 0 radical (unpaired) electrons.